The number of amides is 2. The zero-order valence-corrected chi connectivity index (χ0v) is 19.8. The number of carbonyl (C=O) groups excluding carboxylic acids is 2. The molecule has 7 nitrogen and oxygen atoms in total. The fourth-order valence-corrected chi connectivity index (χ4v) is 4.91. The van der Waals surface area contributed by atoms with Gasteiger partial charge in [0.1, 0.15) is 23.0 Å². The van der Waals surface area contributed by atoms with Crippen LogP contribution in [0.1, 0.15) is 11.1 Å². The van der Waals surface area contributed by atoms with Gasteiger partial charge in [0.05, 0.1) is 11.4 Å². The van der Waals surface area contributed by atoms with Crippen molar-refractivity contribution in [3.8, 4) is 11.5 Å². The van der Waals surface area contributed by atoms with Gasteiger partial charge in [-0.1, -0.05) is 48.0 Å². The van der Waals surface area contributed by atoms with Gasteiger partial charge in [-0.3, -0.25) is 14.5 Å². The number of ether oxygens (including phenoxy) is 1. The van der Waals surface area contributed by atoms with E-state index in [1.54, 1.807) is 42.5 Å². The van der Waals surface area contributed by atoms with Crippen molar-refractivity contribution in [1.29, 1.82) is 0 Å². The zero-order valence-electron chi connectivity index (χ0n) is 18.2. The van der Waals surface area contributed by atoms with Crippen LogP contribution in [0.4, 0.5) is 4.79 Å². The maximum absolute atomic E-state index is 12.7. The number of aryl methyl sites for hydroxylation is 1. The maximum Gasteiger partial charge on any atom is 0.339 e. The number of hydrogen-bond acceptors (Lipinski definition) is 7. The van der Waals surface area contributed by atoms with Gasteiger partial charge in [0.15, 0.2) is 0 Å². The Labute approximate surface area is 202 Å². The van der Waals surface area contributed by atoms with Gasteiger partial charge in [-0.15, -0.1) is 0 Å². The van der Waals surface area contributed by atoms with E-state index in [0.29, 0.717) is 11.3 Å². The molecule has 2 amide bonds. The van der Waals surface area contributed by atoms with Crippen molar-refractivity contribution in [2.24, 2.45) is 0 Å². The Morgan fingerprint density at radius 3 is 2.24 bits per heavy atom. The summed E-state index contributed by atoms with van der Waals surface area (Å²) in [6.45, 7) is 2.19. The third kappa shape index (κ3) is 5.67. The van der Waals surface area contributed by atoms with Crippen LogP contribution < -0.4 is 8.92 Å². The van der Waals surface area contributed by atoms with Crippen molar-refractivity contribution in [2.45, 2.75) is 11.8 Å². The third-order valence-electron chi connectivity index (χ3n) is 4.89. The Hall–Kier alpha value is -3.56. The van der Waals surface area contributed by atoms with Crippen molar-refractivity contribution in [3.63, 3.8) is 0 Å². The minimum atomic E-state index is -3.95. The summed E-state index contributed by atoms with van der Waals surface area (Å²) < 4.78 is 35.6. The van der Waals surface area contributed by atoms with E-state index < -0.39 is 16.0 Å². The summed E-state index contributed by atoms with van der Waals surface area (Å²) >= 11 is 0.851. The van der Waals surface area contributed by atoms with Crippen LogP contribution in [0, 0.1) is 6.92 Å². The van der Waals surface area contributed by atoms with Crippen LogP contribution in [0.3, 0.4) is 0 Å². The molecule has 1 aliphatic heterocycles. The molecule has 34 heavy (non-hydrogen) atoms. The summed E-state index contributed by atoms with van der Waals surface area (Å²) in [6.07, 6.45) is 1.58. The summed E-state index contributed by atoms with van der Waals surface area (Å²) in [6, 6.07) is 21.7. The van der Waals surface area contributed by atoms with E-state index in [0.717, 1.165) is 22.2 Å². The Morgan fingerprint density at radius 2 is 1.56 bits per heavy atom. The zero-order chi connectivity index (χ0) is 24.1. The molecule has 3 aromatic rings. The Bertz CT molecular complexity index is 1320. The highest BCUT2D eigenvalue weighted by atomic mass is 32.2. The fraction of sp³-hybridized carbons (Fsp3) is 0.120. The van der Waals surface area contributed by atoms with Gasteiger partial charge in [-0.05, 0) is 66.7 Å². The van der Waals surface area contributed by atoms with Crippen LogP contribution in [0.2, 0.25) is 0 Å². The molecule has 174 valence electrons. The van der Waals surface area contributed by atoms with E-state index in [2.05, 4.69) is 0 Å². The number of nitrogens with zero attached hydrogens (tertiary/aromatic N) is 1. The molecule has 0 aliphatic carbocycles. The van der Waals surface area contributed by atoms with Crippen LogP contribution in [-0.2, 0) is 14.9 Å². The van der Waals surface area contributed by atoms with Crippen molar-refractivity contribution in [2.75, 3.05) is 13.2 Å². The molecule has 0 aromatic heterocycles. The van der Waals surface area contributed by atoms with E-state index in [1.165, 1.54) is 24.3 Å². The molecule has 1 fully saturated rings. The topological polar surface area (TPSA) is 90.0 Å². The molecule has 1 aliphatic rings. The molecular weight excluding hydrogens is 474 g/mol. The van der Waals surface area contributed by atoms with Crippen molar-refractivity contribution in [1.82, 2.24) is 4.90 Å². The summed E-state index contributed by atoms with van der Waals surface area (Å²) in [4.78, 5) is 26.4. The predicted octanol–water partition coefficient (Wildman–Crippen LogP) is 4.88. The van der Waals surface area contributed by atoms with Crippen molar-refractivity contribution >= 4 is 39.1 Å². The first-order valence-electron chi connectivity index (χ1n) is 10.4. The van der Waals surface area contributed by atoms with Crippen LogP contribution in [0.15, 0.2) is 88.7 Å². The number of hydrogen-bond donors (Lipinski definition) is 0. The second-order valence-electron chi connectivity index (χ2n) is 7.41. The lowest BCUT2D eigenvalue weighted by Gasteiger charge is -2.13. The van der Waals surface area contributed by atoms with E-state index in [9.17, 15) is 18.0 Å². The van der Waals surface area contributed by atoms with E-state index in [-0.39, 0.29) is 33.9 Å². The van der Waals surface area contributed by atoms with Gasteiger partial charge in [0, 0.05) is 0 Å². The van der Waals surface area contributed by atoms with E-state index in [4.69, 9.17) is 8.92 Å². The average molecular weight is 496 g/mol. The van der Waals surface area contributed by atoms with Gasteiger partial charge >= 0.3 is 10.1 Å². The highest BCUT2D eigenvalue weighted by Gasteiger charge is 2.34. The van der Waals surface area contributed by atoms with Gasteiger partial charge < -0.3 is 8.92 Å². The van der Waals surface area contributed by atoms with Gasteiger partial charge in [-0.25, -0.2) is 0 Å². The molecule has 0 N–H and O–H groups in total. The molecule has 0 spiro atoms. The monoisotopic (exact) mass is 495 g/mol. The van der Waals surface area contributed by atoms with Crippen LogP contribution >= 0.6 is 11.8 Å². The molecule has 3 aromatic carbocycles. The summed E-state index contributed by atoms with van der Waals surface area (Å²) in [5.74, 6) is 0.412. The van der Waals surface area contributed by atoms with E-state index >= 15 is 0 Å². The first-order valence-corrected chi connectivity index (χ1v) is 12.6. The predicted molar refractivity (Wildman–Crippen MR) is 130 cm³/mol. The Kier molecular flexibility index (Phi) is 7.04. The van der Waals surface area contributed by atoms with Crippen molar-refractivity contribution in [3.05, 3.63) is 94.9 Å². The van der Waals surface area contributed by atoms with Crippen LogP contribution in [0.5, 0.6) is 11.5 Å². The quantitative estimate of drug-likeness (QED) is 0.325. The number of carbonyl (C=O) groups is 2. The first kappa shape index (κ1) is 23.6. The smallest absolute Gasteiger partial charge is 0.339 e. The second-order valence-corrected chi connectivity index (χ2v) is 9.95. The molecule has 4 rings (SSSR count). The van der Waals surface area contributed by atoms with E-state index in [1.807, 2.05) is 25.1 Å². The van der Waals surface area contributed by atoms with Crippen molar-refractivity contribution < 1.29 is 26.9 Å². The number of benzene rings is 3. The molecule has 0 radical (unpaired) electrons. The largest absolute Gasteiger partial charge is 0.492 e. The molecule has 0 atom stereocenters. The minimum Gasteiger partial charge on any atom is -0.492 e. The Balaban J connectivity index is 1.38. The molecule has 0 saturated carbocycles. The molecule has 0 bridgehead atoms. The van der Waals surface area contributed by atoms with Crippen LogP contribution in [0.25, 0.3) is 6.08 Å². The number of thioether (sulfide) groups is 1. The lowest BCUT2D eigenvalue weighted by atomic mass is 10.2. The molecule has 0 unspecified atom stereocenters. The molecular formula is C25H21NO6S2. The SMILES string of the molecule is Cc1ccc(S(=O)(=O)Oc2ccc(/C=C3\SC(=O)N(CCOc4ccccc4)C3=O)cc2)cc1. The number of para-hydroxylation sites is 1. The lowest BCUT2D eigenvalue weighted by Crippen LogP contribution is -2.32. The molecule has 1 saturated heterocycles. The molecule has 9 heteroatoms. The lowest BCUT2D eigenvalue weighted by molar-refractivity contribution is -0.123. The van der Waals surface area contributed by atoms with Crippen LogP contribution in [-0.4, -0.2) is 37.6 Å². The normalized spacial score (nSPS) is 15.1. The first-order chi connectivity index (χ1) is 16.3. The summed E-state index contributed by atoms with van der Waals surface area (Å²) in [5.41, 5.74) is 1.57. The summed E-state index contributed by atoms with van der Waals surface area (Å²) in [7, 11) is -3.95. The Morgan fingerprint density at radius 1 is 0.882 bits per heavy atom. The van der Waals surface area contributed by atoms with Gasteiger partial charge in [0.25, 0.3) is 11.1 Å². The number of rotatable bonds is 8. The highest BCUT2D eigenvalue weighted by Crippen LogP contribution is 2.32. The third-order valence-corrected chi connectivity index (χ3v) is 7.06. The van der Waals surface area contributed by atoms with Gasteiger partial charge in [0.2, 0.25) is 0 Å². The second kappa shape index (κ2) is 10.1. The fourth-order valence-electron chi connectivity index (χ4n) is 3.11. The average Bonchev–Trinajstić information content (AvgIpc) is 3.08. The molecule has 1 heterocycles. The van der Waals surface area contributed by atoms with Gasteiger partial charge in [-0.2, -0.15) is 8.42 Å². The summed E-state index contributed by atoms with van der Waals surface area (Å²) in [5, 5.41) is -0.364. The standard InChI is InChI=1S/C25H21NO6S2/c1-18-7-13-22(14-8-18)34(29,30)32-21-11-9-19(10-12-21)17-23-24(27)26(25(28)33-23)15-16-31-20-5-3-2-4-6-20/h2-14,17H,15-16H2,1H3/b23-17-. The maximum atomic E-state index is 12.7. The number of imide groups is 1. The highest BCUT2D eigenvalue weighted by molar-refractivity contribution is 8.18. The minimum absolute atomic E-state index is 0.0621.